The molecule has 4 nitrogen and oxygen atoms in total. The largest absolute Gasteiger partial charge is 0.335 e. The van der Waals surface area contributed by atoms with Gasteiger partial charge in [0.05, 0.1) is 6.04 Å². The van der Waals surface area contributed by atoms with E-state index in [1.807, 2.05) is 13.0 Å². The van der Waals surface area contributed by atoms with Crippen LogP contribution in [0, 0.1) is 24.5 Å². The van der Waals surface area contributed by atoms with E-state index in [1.54, 1.807) is 18.3 Å². The van der Waals surface area contributed by atoms with Crippen LogP contribution in [0.1, 0.15) is 30.0 Å². The Balaban J connectivity index is 1.60. The first-order chi connectivity index (χ1) is 12.6. The van der Waals surface area contributed by atoms with Crippen molar-refractivity contribution < 1.29 is 8.78 Å². The molecule has 0 spiro atoms. The quantitative estimate of drug-likeness (QED) is 0.828. The number of aryl methyl sites for hydroxylation is 1. The lowest BCUT2D eigenvalue weighted by Crippen LogP contribution is -2.60. The van der Waals surface area contributed by atoms with Gasteiger partial charge < -0.3 is 4.90 Å². The smallest absolute Gasteiger partial charge is 0.225 e. The number of halogens is 2. The molecule has 4 aliphatic heterocycles. The number of anilines is 1. The predicted octanol–water partition coefficient (Wildman–Crippen LogP) is 3.13. The molecule has 136 valence electrons. The summed E-state index contributed by atoms with van der Waals surface area (Å²) in [6, 6.07) is 6.90. The maximum absolute atomic E-state index is 14.6. The molecule has 4 saturated heterocycles. The van der Waals surface area contributed by atoms with Crippen molar-refractivity contribution in [1.82, 2.24) is 14.9 Å². The van der Waals surface area contributed by atoms with Gasteiger partial charge in [0.25, 0.3) is 0 Å². The Hall–Kier alpha value is -2.08. The van der Waals surface area contributed by atoms with Crippen LogP contribution in [0.3, 0.4) is 0 Å². The second kappa shape index (κ2) is 5.98. The summed E-state index contributed by atoms with van der Waals surface area (Å²) in [4.78, 5) is 13.8. The average molecular weight is 356 g/mol. The summed E-state index contributed by atoms with van der Waals surface area (Å²) in [7, 11) is 0. The molecule has 0 saturated carbocycles. The van der Waals surface area contributed by atoms with Gasteiger partial charge in [0.1, 0.15) is 0 Å². The van der Waals surface area contributed by atoms with Gasteiger partial charge in [0, 0.05) is 30.4 Å². The van der Waals surface area contributed by atoms with Crippen LogP contribution >= 0.6 is 0 Å². The summed E-state index contributed by atoms with van der Waals surface area (Å²) >= 11 is 0. The summed E-state index contributed by atoms with van der Waals surface area (Å²) in [6.45, 7) is 4.68. The molecule has 0 amide bonds. The van der Waals surface area contributed by atoms with Crippen molar-refractivity contribution in [2.24, 2.45) is 5.92 Å². The number of hydrogen-bond acceptors (Lipinski definition) is 4. The number of nitrogens with zero attached hydrogens (tertiary/aromatic N) is 4. The topological polar surface area (TPSA) is 32.3 Å². The standard InChI is InChI=1S/C20H22F2N4/c1-12-5-8-23-20(24-12)26-11-15(14-3-2-4-16(21)17(14)22)19-18(26)13-6-9-25(19)10-7-13/h2-5,8,13,15,18-19H,6-7,9-11H2,1H3/t15-,18-,19-/m1/s1. The first-order valence-corrected chi connectivity index (χ1v) is 9.38. The van der Waals surface area contributed by atoms with Crippen LogP contribution in [0.25, 0.3) is 0 Å². The van der Waals surface area contributed by atoms with Crippen molar-refractivity contribution in [2.75, 3.05) is 24.5 Å². The highest BCUT2D eigenvalue weighted by atomic mass is 19.2. The molecule has 4 fully saturated rings. The van der Waals surface area contributed by atoms with Crippen molar-refractivity contribution in [2.45, 2.75) is 37.8 Å². The molecule has 1 aromatic carbocycles. The lowest BCUT2D eigenvalue weighted by molar-refractivity contribution is 0.0348. The van der Waals surface area contributed by atoms with Crippen LogP contribution in [0.4, 0.5) is 14.7 Å². The van der Waals surface area contributed by atoms with Crippen LogP contribution in [0.5, 0.6) is 0 Å². The molecule has 3 atom stereocenters. The minimum absolute atomic E-state index is 0.0667. The second-order valence-electron chi connectivity index (χ2n) is 7.75. The molecule has 0 unspecified atom stereocenters. The van der Waals surface area contributed by atoms with Crippen molar-refractivity contribution in [3.63, 3.8) is 0 Å². The molecule has 0 radical (unpaired) electrons. The van der Waals surface area contributed by atoms with Gasteiger partial charge in [0.2, 0.25) is 5.95 Å². The third-order valence-electron chi connectivity index (χ3n) is 6.41. The van der Waals surface area contributed by atoms with E-state index >= 15 is 0 Å². The highest BCUT2D eigenvalue weighted by Gasteiger charge is 2.54. The van der Waals surface area contributed by atoms with Gasteiger partial charge in [-0.2, -0.15) is 0 Å². The molecule has 26 heavy (non-hydrogen) atoms. The average Bonchev–Trinajstić information content (AvgIpc) is 3.08. The van der Waals surface area contributed by atoms with Gasteiger partial charge in [-0.15, -0.1) is 0 Å². The molecule has 4 aliphatic rings. The van der Waals surface area contributed by atoms with Gasteiger partial charge in [0.15, 0.2) is 11.6 Å². The molecule has 6 rings (SSSR count). The van der Waals surface area contributed by atoms with Gasteiger partial charge in [-0.25, -0.2) is 18.7 Å². The molecule has 0 aliphatic carbocycles. The Labute approximate surface area is 151 Å². The maximum Gasteiger partial charge on any atom is 0.225 e. The number of rotatable bonds is 2. The highest BCUT2D eigenvalue weighted by Crippen LogP contribution is 2.47. The van der Waals surface area contributed by atoms with Crippen molar-refractivity contribution >= 4 is 5.95 Å². The zero-order chi connectivity index (χ0) is 17.8. The SMILES string of the molecule is Cc1ccnc(N2C[C@H](c3cccc(F)c3F)[C@@H]3[C@H]2C2CCN3CC2)n1. The van der Waals surface area contributed by atoms with Gasteiger partial charge in [-0.1, -0.05) is 12.1 Å². The Bertz CT molecular complexity index is 834. The van der Waals surface area contributed by atoms with Crippen molar-refractivity contribution in [3.8, 4) is 0 Å². The minimum Gasteiger partial charge on any atom is -0.335 e. The van der Waals surface area contributed by atoms with Gasteiger partial charge in [-0.05, 0) is 56.5 Å². The summed E-state index contributed by atoms with van der Waals surface area (Å²) in [5, 5.41) is 0. The zero-order valence-corrected chi connectivity index (χ0v) is 14.8. The predicted molar refractivity (Wildman–Crippen MR) is 95.1 cm³/mol. The first kappa shape index (κ1) is 16.1. The van der Waals surface area contributed by atoms with Crippen LogP contribution in [-0.2, 0) is 0 Å². The summed E-state index contributed by atoms with van der Waals surface area (Å²) < 4.78 is 28.5. The molecular formula is C20H22F2N4. The molecule has 1 aromatic heterocycles. The molecule has 5 heterocycles. The summed E-state index contributed by atoms with van der Waals surface area (Å²) in [5.74, 6) is -0.252. The van der Waals surface area contributed by atoms with Crippen LogP contribution in [0.2, 0.25) is 0 Å². The second-order valence-corrected chi connectivity index (χ2v) is 7.75. The molecule has 2 aromatic rings. The van der Waals surface area contributed by atoms with E-state index in [-0.39, 0.29) is 18.0 Å². The zero-order valence-electron chi connectivity index (χ0n) is 14.8. The van der Waals surface area contributed by atoms with Crippen molar-refractivity contribution in [1.29, 1.82) is 0 Å². The van der Waals surface area contributed by atoms with Crippen molar-refractivity contribution in [3.05, 3.63) is 53.4 Å². The van der Waals surface area contributed by atoms with Crippen LogP contribution in [0.15, 0.2) is 30.5 Å². The normalized spacial score (nSPS) is 32.7. The van der Waals surface area contributed by atoms with E-state index in [0.717, 1.165) is 31.6 Å². The Kier molecular flexibility index (Phi) is 3.71. The van der Waals surface area contributed by atoms with E-state index in [1.165, 1.54) is 6.07 Å². The Morgan fingerprint density at radius 2 is 1.88 bits per heavy atom. The van der Waals surface area contributed by atoms with E-state index in [4.69, 9.17) is 0 Å². The molecular weight excluding hydrogens is 334 g/mol. The number of hydrogen-bond donors (Lipinski definition) is 0. The number of aromatic nitrogens is 2. The maximum atomic E-state index is 14.6. The molecule has 6 heteroatoms. The first-order valence-electron chi connectivity index (χ1n) is 9.38. The van der Waals surface area contributed by atoms with Gasteiger partial charge >= 0.3 is 0 Å². The molecule has 0 N–H and O–H groups in total. The Morgan fingerprint density at radius 1 is 1.08 bits per heavy atom. The summed E-state index contributed by atoms with van der Waals surface area (Å²) in [6.07, 6.45) is 4.09. The lowest BCUT2D eigenvalue weighted by atomic mass is 9.75. The number of fused-ring (bicyclic) bond motifs is 2. The highest BCUT2D eigenvalue weighted by molar-refractivity contribution is 5.43. The number of benzene rings is 1. The number of piperidine rings is 3. The third-order valence-corrected chi connectivity index (χ3v) is 6.41. The minimum atomic E-state index is -0.764. The fraction of sp³-hybridized carbons (Fsp3) is 0.500. The van der Waals surface area contributed by atoms with E-state index in [0.29, 0.717) is 24.0 Å². The summed E-state index contributed by atoms with van der Waals surface area (Å²) in [5.41, 5.74) is 1.41. The van der Waals surface area contributed by atoms with Gasteiger partial charge in [-0.3, -0.25) is 4.90 Å². The Morgan fingerprint density at radius 3 is 2.65 bits per heavy atom. The lowest BCUT2D eigenvalue weighted by Gasteiger charge is -2.51. The van der Waals surface area contributed by atoms with E-state index in [2.05, 4.69) is 19.8 Å². The van der Waals surface area contributed by atoms with E-state index in [9.17, 15) is 8.78 Å². The monoisotopic (exact) mass is 356 g/mol. The fourth-order valence-electron chi connectivity index (χ4n) is 5.31. The third kappa shape index (κ3) is 2.35. The molecule has 2 bridgehead atoms. The van der Waals surface area contributed by atoms with Crippen LogP contribution in [-0.4, -0.2) is 46.6 Å². The van der Waals surface area contributed by atoms with Crippen LogP contribution < -0.4 is 4.90 Å². The fourth-order valence-corrected chi connectivity index (χ4v) is 5.31. The van der Waals surface area contributed by atoms with E-state index < -0.39 is 11.6 Å².